The summed E-state index contributed by atoms with van der Waals surface area (Å²) in [5.41, 5.74) is 4.02. The largest absolute Gasteiger partial charge is 0.296 e. The molecular weight excluding hydrogens is 242 g/mol. The number of hydrogen-bond donors (Lipinski definition) is 1. The lowest BCUT2D eigenvalue weighted by molar-refractivity contribution is 0.877. The van der Waals surface area contributed by atoms with Crippen LogP contribution in [0.1, 0.15) is 12.6 Å². The Morgan fingerprint density at radius 1 is 1.22 bits per heavy atom. The van der Waals surface area contributed by atoms with Crippen molar-refractivity contribution >= 4 is 17.9 Å². The molecule has 0 saturated heterocycles. The minimum Gasteiger partial charge on any atom is -0.296 e. The van der Waals surface area contributed by atoms with Crippen LogP contribution in [0.3, 0.4) is 0 Å². The van der Waals surface area contributed by atoms with Gasteiger partial charge in [-0.25, -0.2) is 9.50 Å². The number of aromatic amines is 1. The van der Waals surface area contributed by atoms with Crippen molar-refractivity contribution in [1.82, 2.24) is 14.6 Å². The van der Waals surface area contributed by atoms with Gasteiger partial charge in [-0.3, -0.25) is 5.10 Å². The van der Waals surface area contributed by atoms with Crippen LogP contribution in [0.2, 0.25) is 0 Å². The molecule has 0 atom stereocenters. The standard InChI is InChI=1S/C14H13N3S/c1-2-11-8-13-15-12(9-14(18)17(13)16-11)10-6-4-3-5-7-10/h3-9,16H,2H2,1H3. The predicted octanol–water partition coefficient (Wildman–Crippen LogP) is 3.62. The average molecular weight is 255 g/mol. The first-order valence-corrected chi connectivity index (χ1v) is 6.36. The highest BCUT2D eigenvalue weighted by molar-refractivity contribution is 7.71. The minimum atomic E-state index is 0.749. The Morgan fingerprint density at radius 2 is 2.00 bits per heavy atom. The van der Waals surface area contributed by atoms with Gasteiger partial charge in [-0.2, -0.15) is 0 Å². The van der Waals surface area contributed by atoms with Gasteiger partial charge in [0.25, 0.3) is 0 Å². The molecule has 18 heavy (non-hydrogen) atoms. The molecule has 90 valence electrons. The van der Waals surface area contributed by atoms with Gasteiger partial charge in [0, 0.05) is 23.4 Å². The number of H-pyrrole nitrogens is 1. The third-order valence-electron chi connectivity index (χ3n) is 2.95. The summed E-state index contributed by atoms with van der Waals surface area (Å²) in [5.74, 6) is 0. The number of nitrogens with one attached hydrogen (secondary N) is 1. The number of nitrogens with zero attached hydrogens (tertiary/aromatic N) is 2. The summed E-state index contributed by atoms with van der Waals surface area (Å²) in [4.78, 5) is 4.64. The van der Waals surface area contributed by atoms with Crippen LogP contribution >= 0.6 is 12.2 Å². The van der Waals surface area contributed by atoms with E-state index in [1.807, 2.05) is 47.0 Å². The summed E-state index contributed by atoms with van der Waals surface area (Å²) in [6.45, 7) is 2.10. The summed E-state index contributed by atoms with van der Waals surface area (Å²) < 4.78 is 2.60. The topological polar surface area (TPSA) is 33.1 Å². The first-order valence-electron chi connectivity index (χ1n) is 5.95. The second-order valence-corrected chi connectivity index (χ2v) is 4.59. The number of hydrogen-bond acceptors (Lipinski definition) is 2. The lowest BCUT2D eigenvalue weighted by Crippen LogP contribution is -1.94. The molecule has 0 aliphatic rings. The van der Waals surface area contributed by atoms with E-state index in [2.05, 4.69) is 17.0 Å². The molecule has 0 spiro atoms. The fourth-order valence-electron chi connectivity index (χ4n) is 1.98. The van der Waals surface area contributed by atoms with E-state index in [0.29, 0.717) is 0 Å². The van der Waals surface area contributed by atoms with Crippen molar-refractivity contribution in [1.29, 1.82) is 0 Å². The molecule has 0 bridgehead atoms. The third kappa shape index (κ3) is 1.84. The van der Waals surface area contributed by atoms with E-state index in [9.17, 15) is 0 Å². The fraction of sp³-hybridized carbons (Fsp3) is 0.143. The normalized spacial score (nSPS) is 10.9. The second-order valence-electron chi connectivity index (χ2n) is 4.17. The number of benzene rings is 1. The molecule has 1 N–H and O–H groups in total. The first-order chi connectivity index (χ1) is 8.78. The van der Waals surface area contributed by atoms with Gasteiger partial charge in [0.05, 0.1) is 5.69 Å². The van der Waals surface area contributed by atoms with E-state index in [1.165, 1.54) is 0 Å². The zero-order valence-electron chi connectivity index (χ0n) is 10.1. The Balaban J connectivity index is 2.24. The molecular formula is C14H13N3S. The van der Waals surface area contributed by atoms with Crippen LogP contribution in [-0.2, 0) is 6.42 Å². The SMILES string of the molecule is CCc1cc2nc(-c3ccccc3)cc(=S)n2[nH]1. The molecule has 0 amide bonds. The molecule has 0 aliphatic carbocycles. The highest BCUT2D eigenvalue weighted by Gasteiger charge is 2.05. The van der Waals surface area contributed by atoms with E-state index in [-0.39, 0.29) is 0 Å². The van der Waals surface area contributed by atoms with Crippen molar-refractivity contribution in [2.24, 2.45) is 0 Å². The molecule has 1 aromatic carbocycles. The fourth-order valence-corrected chi connectivity index (χ4v) is 2.23. The zero-order valence-corrected chi connectivity index (χ0v) is 10.9. The van der Waals surface area contributed by atoms with Crippen LogP contribution in [0.15, 0.2) is 42.5 Å². The van der Waals surface area contributed by atoms with Gasteiger partial charge in [-0.1, -0.05) is 49.5 Å². The van der Waals surface area contributed by atoms with Gasteiger partial charge >= 0.3 is 0 Å². The molecule has 2 heterocycles. The van der Waals surface area contributed by atoms with E-state index in [0.717, 1.165) is 33.7 Å². The number of aromatic nitrogens is 3. The summed E-state index contributed by atoms with van der Waals surface area (Å²) in [7, 11) is 0. The monoisotopic (exact) mass is 255 g/mol. The lowest BCUT2D eigenvalue weighted by Gasteiger charge is -2.01. The Bertz CT molecular complexity index is 741. The Hall–Kier alpha value is -1.94. The van der Waals surface area contributed by atoms with Crippen LogP contribution in [0.25, 0.3) is 16.9 Å². The second kappa shape index (κ2) is 4.38. The predicted molar refractivity (Wildman–Crippen MR) is 75.2 cm³/mol. The minimum absolute atomic E-state index is 0.749. The molecule has 0 aliphatic heterocycles. The smallest absolute Gasteiger partial charge is 0.155 e. The molecule has 0 fully saturated rings. The highest BCUT2D eigenvalue weighted by Crippen LogP contribution is 2.18. The van der Waals surface area contributed by atoms with Crippen molar-refractivity contribution in [3.8, 4) is 11.3 Å². The Labute approximate surface area is 110 Å². The van der Waals surface area contributed by atoms with Gasteiger partial charge in [0.1, 0.15) is 4.64 Å². The van der Waals surface area contributed by atoms with Crippen LogP contribution in [0.4, 0.5) is 0 Å². The summed E-state index contributed by atoms with van der Waals surface area (Å²) in [6.07, 6.45) is 0.943. The molecule has 4 heteroatoms. The Morgan fingerprint density at radius 3 is 2.72 bits per heavy atom. The van der Waals surface area contributed by atoms with E-state index in [1.54, 1.807) is 0 Å². The van der Waals surface area contributed by atoms with Crippen LogP contribution in [0, 0.1) is 4.64 Å². The highest BCUT2D eigenvalue weighted by atomic mass is 32.1. The molecule has 0 radical (unpaired) electrons. The summed E-state index contributed by atoms with van der Waals surface area (Å²) >= 11 is 5.39. The molecule has 2 aromatic heterocycles. The first kappa shape index (κ1) is 11.2. The molecule has 0 saturated carbocycles. The van der Waals surface area contributed by atoms with Crippen molar-refractivity contribution in [3.05, 3.63) is 52.8 Å². The molecule has 3 aromatic rings. The van der Waals surface area contributed by atoms with Gasteiger partial charge in [-0.15, -0.1) is 0 Å². The zero-order chi connectivity index (χ0) is 12.5. The van der Waals surface area contributed by atoms with Crippen LogP contribution < -0.4 is 0 Å². The van der Waals surface area contributed by atoms with Crippen LogP contribution in [-0.4, -0.2) is 14.6 Å². The molecule has 3 rings (SSSR count). The Kier molecular flexibility index (Phi) is 2.72. The van der Waals surface area contributed by atoms with Crippen molar-refractivity contribution in [3.63, 3.8) is 0 Å². The number of aryl methyl sites for hydroxylation is 1. The maximum atomic E-state index is 5.39. The van der Waals surface area contributed by atoms with Gasteiger partial charge < -0.3 is 0 Å². The lowest BCUT2D eigenvalue weighted by atomic mass is 10.1. The third-order valence-corrected chi connectivity index (χ3v) is 3.25. The number of fused-ring (bicyclic) bond motifs is 1. The maximum absolute atomic E-state index is 5.39. The van der Waals surface area contributed by atoms with Gasteiger partial charge in [-0.05, 0) is 6.42 Å². The van der Waals surface area contributed by atoms with Crippen molar-refractivity contribution in [2.45, 2.75) is 13.3 Å². The van der Waals surface area contributed by atoms with Gasteiger partial charge in [0.15, 0.2) is 5.65 Å². The molecule has 0 unspecified atom stereocenters. The van der Waals surface area contributed by atoms with Crippen molar-refractivity contribution < 1.29 is 0 Å². The quantitative estimate of drug-likeness (QED) is 0.709. The molecule has 3 nitrogen and oxygen atoms in total. The summed E-state index contributed by atoms with van der Waals surface area (Å²) in [5, 5.41) is 3.24. The van der Waals surface area contributed by atoms with Gasteiger partial charge in [0.2, 0.25) is 0 Å². The number of rotatable bonds is 2. The maximum Gasteiger partial charge on any atom is 0.155 e. The van der Waals surface area contributed by atoms with Crippen LogP contribution in [0.5, 0.6) is 0 Å². The van der Waals surface area contributed by atoms with E-state index < -0.39 is 0 Å². The van der Waals surface area contributed by atoms with E-state index >= 15 is 0 Å². The summed E-state index contributed by atoms with van der Waals surface area (Å²) in [6, 6.07) is 14.1. The van der Waals surface area contributed by atoms with Crippen molar-refractivity contribution in [2.75, 3.05) is 0 Å². The van der Waals surface area contributed by atoms with E-state index in [4.69, 9.17) is 12.2 Å². The average Bonchev–Trinajstić information content (AvgIpc) is 2.83.